The van der Waals surface area contributed by atoms with Crippen LogP contribution in [0.15, 0.2) is 109 Å². The van der Waals surface area contributed by atoms with Crippen LogP contribution in [0.3, 0.4) is 0 Å². The largest absolute Gasteiger partial charge is 0.493 e. The van der Waals surface area contributed by atoms with Crippen molar-refractivity contribution in [1.29, 1.82) is 0 Å². The number of carbonyl (C=O) groups is 1. The molecular weight excluding hydrogens is 716 g/mol. The summed E-state index contributed by atoms with van der Waals surface area (Å²) in [5, 5.41) is 11.2. The van der Waals surface area contributed by atoms with Gasteiger partial charge in [-0.05, 0) is 94.8 Å². The zero-order valence-electron chi connectivity index (χ0n) is 31.3. The number of nitro groups is 1. The van der Waals surface area contributed by atoms with E-state index in [4.69, 9.17) is 25.8 Å². The van der Waals surface area contributed by atoms with Gasteiger partial charge in [-0.25, -0.2) is 4.98 Å². The van der Waals surface area contributed by atoms with Crippen molar-refractivity contribution in [1.82, 2.24) is 14.8 Å². The molecule has 10 nitrogen and oxygen atoms in total. The number of amides is 1. The van der Waals surface area contributed by atoms with Gasteiger partial charge in [-0.3, -0.25) is 19.8 Å². The molecule has 1 fully saturated rings. The number of non-ortho nitro benzene ring substituents is 1. The Morgan fingerprint density at radius 3 is 2.18 bits per heavy atom. The third kappa shape index (κ3) is 11.2. The molecule has 0 radical (unpaired) electrons. The fraction of sp³-hybridized carbons (Fsp3) is 0.273. The van der Waals surface area contributed by atoms with E-state index in [9.17, 15) is 14.9 Å². The van der Waals surface area contributed by atoms with E-state index in [0.29, 0.717) is 48.0 Å². The number of nitro benzene ring substituents is 1. The Balaban J connectivity index is 0.920. The standard InChI is InChI=1S/C44H45ClN4O6/c1-31(2)37-11-15-39(16-12-37)53-25-20-33-4-6-34(7-5-33)29-47-21-23-48(24-22-47)43(50)19-10-36-26-32(3)44(41(45)27-36)55-42-18-17-40(28-46-42)54-30-35-8-13-38(14-9-35)49(51)52/h4-19,26-28,31H,20-25,29-30H2,1-3H3. The van der Waals surface area contributed by atoms with Crippen LogP contribution in [-0.4, -0.2) is 58.4 Å². The highest BCUT2D eigenvalue weighted by Gasteiger charge is 2.20. The lowest BCUT2D eigenvalue weighted by atomic mass is 10.0. The first kappa shape index (κ1) is 39.0. The Kier molecular flexibility index (Phi) is 13.2. The van der Waals surface area contributed by atoms with Gasteiger partial charge in [0.25, 0.3) is 5.69 Å². The number of benzene rings is 4. The first-order chi connectivity index (χ1) is 26.6. The molecule has 0 aliphatic carbocycles. The van der Waals surface area contributed by atoms with Crippen LogP contribution < -0.4 is 14.2 Å². The first-order valence-electron chi connectivity index (χ1n) is 18.4. The van der Waals surface area contributed by atoms with Gasteiger partial charge in [0.05, 0.1) is 22.7 Å². The zero-order valence-corrected chi connectivity index (χ0v) is 32.1. The number of hydrogen-bond acceptors (Lipinski definition) is 8. The molecule has 1 aliphatic rings. The summed E-state index contributed by atoms with van der Waals surface area (Å²) in [6.07, 6.45) is 5.77. The zero-order chi connectivity index (χ0) is 38.7. The average Bonchev–Trinajstić information content (AvgIpc) is 3.19. The number of aromatic nitrogens is 1. The van der Waals surface area contributed by atoms with Crippen molar-refractivity contribution in [2.75, 3.05) is 32.8 Å². The first-order valence-corrected chi connectivity index (χ1v) is 18.8. The highest BCUT2D eigenvalue weighted by atomic mass is 35.5. The summed E-state index contributed by atoms with van der Waals surface area (Å²) in [4.78, 5) is 32.1. The molecule has 1 amide bonds. The average molecular weight is 761 g/mol. The second kappa shape index (κ2) is 18.6. The van der Waals surface area contributed by atoms with Gasteiger partial charge >= 0.3 is 0 Å². The molecule has 0 unspecified atom stereocenters. The number of rotatable bonds is 15. The molecular formula is C44H45ClN4O6. The number of aryl methyl sites for hydroxylation is 1. The quantitative estimate of drug-likeness (QED) is 0.0590. The van der Waals surface area contributed by atoms with Gasteiger partial charge in [0.2, 0.25) is 11.8 Å². The molecule has 0 saturated carbocycles. The summed E-state index contributed by atoms with van der Waals surface area (Å²) < 4.78 is 17.7. The van der Waals surface area contributed by atoms with Crippen molar-refractivity contribution in [2.24, 2.45) is 0 Å². The highest BCUT2D eigenvalue weighted by molar-refractivity contribution is 6.32. The van der Waals surface area contributed by atoms with Gasteiger partial charge < -0.3 is 19.1 Å². The van der Waals surface area contributed by atoms with Crippen LogP contribution >= 0.6 is 11.6 Å². The van der Waals surface area contributed by atoms with Crippen molar-refractivity contribution < 1.29 is 23.9 Å². The van der Waals surface area contributed by atoms with E-state index in [-0.39, 0.29) is 18.2 Å². The van der Waals surface area contributed by atoms with E-state index in [1.54, 1.807) is 42.5 Å². The van der Waals surface area contributed by atoms with Crippen LogP contribution in [0.4, 0.5) is 5.69 Å². The molecule has 1 aromatic heterocycles. The molecule has 55 heavy (non-hydrogen) atoms. The smallest absolute Gasteiger partial charge is 0.269 e. The monoisotopic (exact) mass is 760 g/mol. The van der Waals surface area contributed by atoms with E-state index in [1.165, 1.54) is 35.0 Å². The number of carbonyl (C=O) groups excluding carboxylic acids is 1. The second-order valence-corrected chi connectivity index (χ2v) is 14.3. The number of nitrogens with zero attached hydrogens (tertiary/aromatic N) is 4. The topological polar surface area (TPSA) is 107 Å². The van der Waals surface area contributed by atoms with Gasteiger partial charge in [-0.15, -0.1) is 0 Å². The molecule has 2 heterocycles. The fourth-order valence-corrected chi connectivity index (χ4v) is 6.50. The number of halogens is 1. The third-order valence-electron chi connectivity index (χ3n) is 9.46. The molecule has 4 aromatic carbocycles. The number of ether oxygens (including phenoxy) is 3. The van der Waals surface area contributed by atoms with Crippen LogP contribution in [0.1, 0.15) is 53.1 Å². The Labute approximate surface area is 327 Å². The minimum Gasteiger partial charge on any atom is -0.493 e. The van der Waals surface area contributed by atoms with Crippen molar-refractivity contribution in [3.05, 3.63) is 158 Å². The molecule has 284 valence electrons. The van der Waals surface area contributed by atoms with E-state index >= 15 is 0 Å². The summed E-state index contributed by atoms with van der Waals surface area (Å²) in [6.45, 7) is 10.9. The van der Waals surface area contributed by atoms with E-state index in [2.05, 4.69) is 60.1 Å². The molecule has 0 N–H and O–H groups in total. The Morgan fingerprint density at radius 1 is 0.873 bits per heavy atom. The van der Waals surface area contributed by atoms with E-state index < -0.39 is 4.92 Å². The highest BCUT2D eigenvalue weighted by Crippen LogP contribution is 2.34. The molecule has 6 rings (SSSR count). The maximum absolute atomic E-state index is 13.1. The molecule has 1 saturated heterocycles. The molecule has 0 bridgehead atoms. The van der Waals surface area contributed by atoms with Crippen LogP contribution in [0.25, 0.3) is 6.08 Å². The fourth-order valence-electron chi connectivity index (χ4n) is 6.19. The lowest BCUT2D eigenvalue weighted by molar-refractivity contribution is -0.384. The molecule has 11 heteroatoms. The van der Waals surface area contributed by atoms with E-state index in [0.717, 1.165) is 48.5 Å². The summed E-state index contributed by atoms with van der Waals surface area (Å²) in [5.74, 6) is 2.71. The maximum atomic E-state index is 13.1. The van der Waals surface area contributed by atoms with Crippen LogP contribution in [0.5, 0.6) is 23.1 Å². The van der Waals surface area contributed by atoms with Crippen LogP contribution in [0.2, 0.25) is 5.02 Å². The Morgan fingerprint density at radius 2 is 1.55 bits per heavy atom. The maximum Gasteiger partial charge on any atom is 0.269 e. The molecule has 1 aliphatic heterocycles. The Hall–Kier alpha value is -5.71. The van der Waals surface area contributed by atoms with Crippen LogP contribution in [0, 0.1) is 17.0 Å². The molecule has 0 atom stereocenters. The lowest BCUT2D eigenvalue weighted by Gasteiger charge is -2.34. The van der Waals surface area contributed by atoms with Gasteiger partial charge in [0.1, 0.15) is 18.1 Å². The van der Waals surface area contributed by atoms with Gasteiger partial charge in [0.15, 0.2) is 5.75 Å². The van der Waals surface area contributed by atoms with Crippen molar-refractivity contribution in [2.45, 2.75) is 46.3 Å². The normalized spacial score (nSPS) is 13.3. The predicted octanol–water partition coefficient (Wildman–Crippen LogP) is 9.43. The van der Waals surface area contributed by atoms with Crippen molar-refractivity contribution in [3.8, 4) is 23.1 Å². The number of hydrogen-bond donors (Lipinski definition) is 0. The minimum atomic E-state index is -0.440. The minimum absolute atomic E-state index is 0.0273. The molecule has 5 aromatic rings. The van der Waals surface area contributed by atoms with Crippen molar-refractivity contribution in [3.63, 3.8) is 0 Å². The van der Waals surface area contributed by atoms with Crippen LogP contribution in [-0.2, 0) is 24.4 Å². The Bertz CT molecular complexity index is 2050. The lowest BCUT2D eigenvalue weighted by Crippen LogP contribution is -2.47. The summed E-state index contributed by atoms with van der Waals surface area (Å²) in [5.41, 5.74) is 6.22. The summed E-state index contributed by atoms with van der Waals surface area (Å²) >= 11 is 6.62. The summed E-state index contributed by atoms with van der Waals surface area (Å²) in [7, 11) is 0. The third-order valence-corrected chi connectivity index (χ3v) is 9.74. The van der Waals surface area contributed by atoms with Crippen molar-refractivity contribution >= 4 is 29.3 Å². The molecule has 0 spiro atoms. The van der Waals surface area contributed by atoms with Gasteiger partial charge in [-0.2, -0.15) is 0 Å². The second-order valence-electron chi connectivity index (χ2n) is 13.9. The number of piperazine rings is 1. The summed E-state index contributed by atoms with van der Waals surface area (Å²) in [6, 6.07) is 30.3. The predicted molar refractivity (Wildman–Crippen MR) is 215 cm³/mol. The van der Waals surface area contributed by atoms with E-state index in [1.807, 2.05) is 30.0 Å². The number of pyridine rings is 1. The van der Waals surface area contributed by atoms with Gasteiger partial charge in [-0.1, -0.05) is 61.8 Å². The SMILES string of the molecule is Cc1cc(C=CC(=O)N2CCN(Cc3ccc(CCOc4ccc(C(C)C)cc4)cc3)CC2)cc(Cl)c1Oc1ccc(OCc2ccc([N+](=O)[O-])cc2)cn1. The van der Waals surface area contributed by atoms with Gasteiger partial charge in [0, 0.05) is 63.4 Å².